The Bertz CT molecular complexity index is 1130. The highest BCUT2D eigenvalue weighted by molar-refractivity contribution is 7.15. The minimum atomic E-state index is -0.113. The van der Waals surface area contributed by atoms with Gasteiger partial charge in [-0.15, -0.1) is 16.4 Å². The van der Waals surface area contributed by atoms with E-state index in [0.717, 1.165) is 10.4 Å². The number of benzene rings is 1. The molecule has 4 nitrogen and oxygen atoms in total. The maximum atomic E-state index is 12.5. The predicted molar refractivity (Wildman–Crippen MR) is 104 cm³/mol. The van der Waals surface area contributed by atoms with Gasteiger partial charge in [-0.25, -0.2) is 0 Å². The van der Waals surface area contributed by atoms with Gasteiger partial charge in [-0.05, 0) is 28.5 Å². The van der Waals surface area contributed by atoms with Crippen LogP contribution in [0.4, 0.5) is 0 Å². The molecule has 0 aliphatic carbocycles. The summed E-state index contributed by atoms with van der Waals surface area (Å²) in [6.45, 7) is 6.55. The van der Waals surface area contributed by atoms with Crippen molar-refractivity contribution in [2.45, 2.75) is 26.2 Å². The summed E-state index contributed by atoms with van der Waals surface area (Å²) >= 11 is 2.98. The molecule has 25 heavy (non-hydrogen) atoms. The van der Waals surface area contributed by atoms with Crippen molar-refractivity contribution in [3.05, 3.63) is 67.1 Å². The molecule has 0 fully saturated rings. The molecule has 0 atom stereocenters. The highest BCUT2D eigenvalue weighted by Gasteiger charge is 2.15. The molecule has 0 aliphatic heterocycles. The predicted octanol–water partition coefficient (Wildman–Crippen LogP) is 3.72. The molecule has 0 saturated heterocycles. The van der Waals surface area contributed by atoms with Gasteiger partial charge < -0.3 is 0 Å². The van der Waals surface area contributed by atoms with Gasteiger partial charge >= 0.3 is 0 Å². The molecule has 0 spiro atoms. The number of fused-ring (bicyclic) bond motifs is 1. The van der Waals surface area contributed by atoms with Crippen LogP contribution in [0.1, 0.15) is 31.2 Å². The van der Waals surface area contributed by atoms with E-state index in [2.05, 4.69) is 43.0 Å². The number of thiazole rings is 1. The van der Waals surface area contributed by atoms with Crippen molar-refractivity contribution in [1.82, 2.24) is 14.6 Å². The fourth-order valence-corrected chi connectivity index (χ4v) is 4.21. The van der Waals surface area contributed by atoms with Crippen LogP contribution in [0, 0.1) is 0 Å². The second-order valence-corrected chi connectivity index (χ2v) is 8.88. The molecular weight excluding hydrogens is 350 g/mol. The van der Waals surface area contributed by atoms with Crippen LogP contribution in [-0.2, 0) is 5.41 Å². The van der Waals surface area contributed by atoms with Gasteiger partial charge in [0.25, 0.3) is 5.56 Å². The third kappa shape index (κ3) is 3.03. The number of aromatic nitrogens is 3. The first kappa shape index (κ1) is 16.2. The molecule has 0 unspecified atom stereocenters. The maximum Gasteiger partial charge on any atom is 0.291 e. The number of hydrogen-bond donors (Lipinski definition) is 0. The summed E-state index contributed by atoms with van der Waals surface area (Å²) in [6, 6.07) is 12.2. The zero-order valence-electron chi connectivity index (χ0n) is 14.2. The van der Waals surface area contributed by atoms with Gasteiger partial charge in [0.15, 0.2) is 5.82 Å². The summed E-state index contributed by atoms with van der Waals surface area (Å²) in [5.74, 6) is 0.589. The molecule has 6 heteroatoms. The molecule has 0 radical (unpaired) electrons. The first-order chi connectivity index (χ1) is 11.9. The van der Waals surface area contributed by atoms with Crippen molar-refractivity contribution in [2.24, 2.45) is 0 Å². The lowest BCUT2D eigenvalue weighted by atomic mass is 9.87. The largest absolute Gasteiger partial charge is 0.291 e. The molecular formula is C19H17N3OS2. The number of rotatable bonds is 2. The molecule has 1 aromatic carbocycles. The van der Waals surface area contributed by atoms with Crippen molar-refractivity contribution >= 4 is 33.7 Å². The third-order valence-electron chi connectivity index (χ3n) is 4.01. The Hall–Kier alpha value is -2.31. The molecule has 4 rings (SSSR count). The lowest BCUT2D eigenvalue weighted by Gasteiger charge is -2.18. The number of thiophene rings is 1. The quantitative estimate of drug-likeness (QED) is 0.542. The van der Waals surface area contributed by atoms with E-state index in [9.17, 15) is 4.79 Å². The monoisotopic (exact) mass is 367 g/mol. The molecule has 126 valence electrons. The Morgan fingerprint density at radius 2 is 1.88 bits per heavy atom. The summed E-state index contributed by atoms with van der Waals surface area (Å²) in [6.07, 6.45) is 1.89. The third-order valence-corrected chi connectivity index (χ3v) is 5.79. The molecule has 0 saturated carbocycles. The Balaban J connectivity index is 1.75. The summed E-state index contributed by atoms with van der Waals surface area (Å²) < 4.78 is 2.06. The second-order valence-electron chi connectivity index (χ2n) is 6.89. The molecule has 0 bridgehead atoms. The van der Waals surface area contributed by atoms with Gasteiger partial charge in [0.05, 0.1) is 4.53 Å². The van der Waals surface area contributed by atoms with E-state index in [1.165, 1.54) is 21.4 Å². The summed E-state index contributed by atoms with van der Waals surface area (Å²) in [4.78, 5) is 18.8. The van der Waals surface area contributed by atoms with Crippen LogP contribution in [-0.4, -0.2) is 14.6 Å². The Morgan fingerprint density at radius 3 is 2.48 bits per heavy atom. The van der Waals surface area contributed by atoms with Crippen molar-refractivity contribution in [3.8, 4) is 11.4 Å². The lowest BCUT2D eigenvalue weighted by molar-refractivity contribution is 0.590. The second kappa shape index (κ2) is 5.89. The SMILES string of the molecule is CC(C)(C)c1ccc(-c2nc3sc(=Cc4cccs4)c(=O)n3n2)cc1. The fraction of sp³-hybridized carbons (Fsp3) is 0.211. The van der Waals surface area contributed by atoms with Gasteiger partial charge in [0, 0.05) is 10.4 Å². The summed E-state index contributed by atoms with van der Waals surface area (Å²) in [5.41, 5.74) is 2.18. The Morgan fingerprint density at radius 1 is 1.12 bits per heavy atom. The first-order valence-electron chi connectivity index (χ1n) is 7.97. The van der Waals surface area contributed by atoms with E-state index in [-0.39, 0.29) is 11.0 Å². The lowest BCUT2D eigenvalue weighted by Crippen LogP contribution is -2.23. The van der Waals surface area contributed by atoms with E-state index in [1.807, 2.05) is 35.7 Å². The Labute approximate surface area is 153 Å². The van der Waals surface area contributed by atoms with Crippen LogP contribution in [0.2, 0.25) is 0 Å². The Kier molecular flexibility index (Phi) is 3.81. The maximum absolute atomic E-state index is 12.5. The number of hydrogen-bond acceptors (Lipinski definition) is 5. The normalized spacial score (nSPS) is 13.0. The molecule has 0 N–H and O–H groups in total. The van der Waals surface area contributed by atoms with Crippen LogP contribution < -0.4 is 10.1 Å². The number of nitrogens with zero attached hydrogens (tertiary/aromatic N) is 3. The van der Waals surface area contributed by atoms with Crippen molar-refractivity contribution in [3.63, 3.8) is 0 Å². The van der Waals surface area contributed by atoms with E-state index < -0.39 is 0 Å². The molecule has 3 heterocycles. The van der Waals surface area contributed by atoms with Gasteiger partial charge in [0.1, 0.15) is 0 Å². The summed E-state index contributed by atoms with van der Waals surface area (Å²) in [5, 5.41) is 6.40. The van der Waals surface area contributed by atoms with E-state index >= 15 is 0 Å². The fourth-order valence-electron chi connectivity index (χ4n) is 2.58. The van der Waals surface area contributed by atoms with Crippen molar-refractivity contribution in [1.29, 1.82) is 0 Å². The minimum Gasteiger partial charge on any atom is -0.266 e. The van der Waals surface area contributed by atoms with Gasteiger partial charge in [0.2, 0.25) is 4.96 Å². The summed E-state index contributed by atoms with van der Waals surface area (Å²) in [7, 11) is 0. The molecule has 4 aromatic rings. The average molecular weight is 367 g/mol. The van der Waals surface area contributed by atoms with Crippen LogP contribution in [0.25, 0.3) is 22.4 Å². The zero-order valence-corrected chi connectivity index (χ0v) is 15.8. The van der Waals surface area contributed by atoms with Gasteiger partial charge in [-0.2, -0.15) is 9.50 Å². The van der Waals surface area contributed by atoms with E-state index in [4.69, 9.17) is 0 Å². The van der Waals surface area contributed by atoms with Gasteiger partial charge in [-0.3, -0.25) is 4.79 Å². The molecule has 0 aliphatic rings. The highest BCUT2D eigenvalue weighted by atomic mass is 32.1. The zero-order chi connectivity index (χ0) is 17.6. The van der Waals surface area contributed by atoms with Crippen molar-refractivity contribution in [2.75, 3.05) is 0 Å². The minimum absolute atomic E-state index is 0.106. The van der Waals surface area contributed by atoms with Crippen molar-refractivity contribution < 1.29 is 0 Å². The topological polar surface area (TPSA) is 47.3 Å². The van der Waals surface area contributed by atoms with Gasteiger partial charge in [-0.1, -0.05) is 62.4 Å². The van der Waals surface area contributed by atoms with E-state index in [1.54, 1.807) is 11.3 Å². The van der Waals surface area contributed by atoms with Crippen LogP contribution in [0.15, 0.2) is 46.6 Å². The van der Waals surface area contributed by atoms with Crippen LogP contribution >= 0.6 is 22.7 Å². The average Bonchev–Trinajstić information content (AvgIpc) is 3.27. The molecule has 3 aromatic heterocycles. The molecule has 0 amide bonds. The standard InChI is InChI=1S/C19H17N3OS2/c1-19(2,3)13-8-6-12(7-9-13)16-20-18-22(21-16)17(23)15(25-18)11-14-5-4-10-24-14/h4-11H,1-3H3. The van der Waals surface area contributed by atoms with E-state index in [0.29, 0.717) is 15.3 Å². The van der Waals surface area contributed by atoms with Crippen LogP contribution in [0.3, 0.4) is 0 Å². The first-order valence-corrected chi connectivity index (χ1v) is 9.67. The van der Waals surface area contributed by atoms with Crippen LogP contribution in [0.5, 0.6) is 0 Å². The smallest absolute Gasteiger partial charge is 0.266 e. The highest BCUT2D eigenvalue weighted by Crippen LogP contribution is 2.25.